The molecular formula is C39H25N3. The van der Waals surface area contributed by atoms with Crippen molar-refractivity contribution in [2.24, 2.45) is 0 Å². The van der Waals surface area contributed by atoms with Crippen LogP contribution in [0.5, 0.6) is 0 Å². The van der Waals surface area contributed by atoms with Crippen molar-refractivity contribution < 1.29 is 0 Å². The molecule has 0 aliphatic heterocycles. The number of aromatic nitrogens is 2. The lowest BCUT2D eigenvalue weighted by Crippen LogP contribution is -1.96. The Morgan fingerprint density at radius 2 is 0.881 bits per heavy atom. The molecule has 0 saturated carbocycles. The van der Waals surface area contributed by atoms with Gasteiger partial charge in [0, 0.05) is 16.7 Å². The largest absolute Gasteiger partial charge is 0.238 e. The Labute approximate surface area is 245 Å². The third-order valence-corrected chi connectivity index (χ3v) is 7.49. The molecule has 7 aromatic rings. The molecule has 1 aromatic heterocycles. The van der Waals surface area contributed by atoms with E-state index in [9.17, 15) is 0 Å². The molecule has 0 radical (unpaired) electrons. The van der Waals surface area contributed by atoms with Crippen molar-refractivity contribution in [1.29, 1.82) is 0 Å². The molecule has 3 nitrogen and oxygen atoms in total. The maximum atomic E-state index is 7.30. The zero-order chi connectivity index (χ0) is 28.3. The fourth-order valence-corrected chi connectivity index (χ4v) is 5.27. The van der Waals surface area contributed by atoms with Crippen LogP contribution in [0.15, 0.2) is 152 Å². The fraction of sp³-hybridized carbons (Fsp3) is 0. The van der Waals surface area contributed by atoms with E-state index in [-0.39, 0.29) is 0 Å². The zero-order valence-electron chi connectivity index (χ0n) is 22.8. The Hall–Kier alpha value is -5.85. The van der Waals surface area contributed by atoms with Crippen LogP contribution >= 0.6 is 0 Å². The van der Waals surface area contributed by atoms with Crippen LogP contribution in [0.1, 0.15) is 0 Å². The van der Waals surface area contributed by atoms with E-state index in [1.54, 1.807) is 0 Å². The summed E-state index contributed by atoms with van der Waals surface area (Å²) in [6, 6.07) is 51.8. The summed E-state index contributed by atoms with van der Waals surface area (Å²) in [4.78, 5) is 13.6. The Morgan fingerprint density at radius 1 is 0.381 bits per heavy atom. The van der Waals surface area contributed by atoms with Crippen molar-refractivity contribution in [1.82, 2.24) is 9.97 Å². The summed E-state index contributed by atoms with van der Waals surface area (Å²) >= 11 is 0. The topological polar surface area (TPSA) is 30.1 Å². The summed E-state index contributed by atoms with van der Waals surface area (Å²) in [5.41, 5.74) is 9.97. The number of benzene rings is 6. The van der Waals surface area contributed by atoms with E-state index in [0.717, 1.165) is 61.1 Å². The summed E-state index contributed by atoms with van der Waals surface area (Å²) in [5, 5.41) is 2.30. The minimum atomic E-state index is 0.649. The molecule has 3 heteroatoms. The lowest BCUT2D eigenvalue weighted by molar-refractivity contribution is 1.18. The van der Waals surface area contributed by atoms with Crippen LogP contribution in [0.4, 0.5) is 5.69 Å². The van der Waals surface area contributed by atoms with Crippen molar-refractivity contribution in [2.75, 3.05) is 0 Å². The van der Waals surface area contributed by atoms with Gasteiger partial charge in [0.1, 0.15) is 0 Å². The highest BCUT2D eigenvalue weighted by Crippen LogP contribution is 2.32. The van der Waals surface area contributed by atoms with Crippen molar-refractivity contribution in [2.45, 2.75) is 0 Å². The average molecular weight is 536 g/mol. The molecule has 42 heavy (non-hydrogen) atoms. The Balaban J connectivity index is 1.27. The van der Waals surface area contributed by atoms with Gasteiger partial charge in [-0.1, -0.05) is 127 Å². The van der Waals surface area contributed by atoms with Crippen LogP contribution in [-0.2, 0) is 0 Å². The summed E-state index contributed by atoms with van der Waals surface area (Å²) in [7, 11) is 0. The molecule has 0 N–H and O–H groups in total. The second kappa shape index (κ2) is 11.0. The van der Waals surface area contributed by atoms with Crippen molar-refractivity contribution in [3.63, 3.8) is 0 Å². The summed E-state index contributed by atoms with van der Waals surface area (Å²) < 4.78 is 0. The number of hydrogen-bond donors (Lipinski definition) is 0. The smallest absolute Gasteiger partial charge is 0.187 e. The predicted octanol–water partition coefficient (Wildman–Crippen LogP) is 10.5. The van der Waals surface area contributed by atoms with Crippen molar-refractivity contribution >= 4 is 16.5 Å². The van der Waals surface area contributed by atoms with Crippen molar-refractivity contribution in [3.8, 4) is 56.2 Å². The summed E-state index contributed by atoms with van der Waals surface area (Å²) in [5.74, 6) is 0.702. The van der Waals surface area contributed by atoms with Gasteiger partial charge in [-0.25, -0.2) is 14.8 Å². The standard InChI is InChI=1S/C39H25N3/c1-40-36-14-8-13-32(25-36)27-15-17-28(18-16-27)33-21-19-29-20-22-34(24-35(29)23-33)39-41-37(30-9-4-2-5-10-30)26-38(42-39)31-11-6-3-7-12-31/h2-26H. The SMILES string of the molecule is [C-]#[N+]c1cccc(-c2ccc(-c3ccc4ccc(-c5nc(-c6ccccc6)cc(-c6ccccc6)n5)cc4c3)cc2)c1. The highest BCUT2D eigenvalue weighted by Gasteiger charge is 2.11. The van der Waals surface area contributed by atoms with Gasteiger partial charge in [-0.05, 0) is 57.3 Å². The van der Waals surface area contributed by atoms with Crippen LogP contribution in [0.3, 0.4) is 0 Å². The van der Waals surface area contributed by atoms with Gasteiger partial charge in [-0.15, -0.1) is 0 Å². The first-order valence-corrected chi connectivity index (χ1v) is 13.9. The van der Waals surface area contributed by atoms with Gasteiger partial charge in [0.15, 0.2) is 11.5 Å². The summed E-state index contributed by atoms with van der Waals surface area (Å²) in [6.45, 7) is 7.30. The Morgan fingerprint density at radius 3 is 1.48 bits per heavy atom. The molecule has 0 spiro atoms. The molecule has 7 rings (SSSR count). The first-order valence-electron chi connectivity index (χ1n) is 13.9. The molecule has 196 valence electrons. The highest BCUT2D eigenvalue weighted by molar-refractivity contribution is 5.91. The van der Waals surface area contributed by atoms with Gasteiger partial charge >= 0.3 is 0 Å². The van der Waals surface area contributed by atoms with Gasteiger partial charge in [0.25, 0.3) is 0 Å². The summed E-state index contributed by atoms with van der Waals surface area (Å²) in [6.07, 6.45) is 0. The van der Waals surface area contributed by atoms with Crippen LogP contribution in [0.2, 0.25) is 0 Å². The lowest BCUT2D eigenvalue weighted by Gasteiger charge is -2.11. The molecule has 0 bridgehead atoms. The number of nitrogens with zero attached hydrogens (tertiary/aromatic N) is 3. The molecule has 0 unspecified atom stereocenters. The minimum Gasteiger partial charge on any atom is -0.238 e. The second-order valence-corrected chi connectivity index (χ2v) is 10.2. The van der Waals surface area contributed by atoms with E-state index >= 15 is 0 Å². The van der Waals surface area contributed by atoms with Crippen molar-refractivity contribution in [3.05, 3.63) is 163 Å². The molecule has 0 fully saturated rings. The molecule has 0 aliphatic rings. The van der Waals surface area contributed by atoms with E-state index in [0.29, 0.717) is 11.5 Å². The third kappa shape index (κ3) is 5.06. The second-order valence-electron chi connectivity index (χ2n) is 10.2. The van der Waals surface area contributed by atoms with Gasteiger partial charge in [-0.2, -0.15) is 0 Å². The van der Waals surface area contributed by atoms with Crippen LogP contribution in [0, 0.1) is 6.57 Å². The first kappa shape index (κ1) is 25.1. The number of rotatable bonds is 5. The molecular weight excluding hydrogens is 510 g/mol. The zero-order valence-corrected chi connectivity index (χ0v) is 22.8. The van der Waals surface area contributed by atoms with Crippen LogP contribution < -0.4 is 0 Å². The molecule has 0 saturated heterocycles. The van der Waals surface area contributed by atoms with Gasteiger partial charge in [-0.3, -0.25) is 0 Å². The minimum absolute atomic E-state index is 0.649. The quantitative estimate of drug-likeness (QED) is 0.205. The van der Waals surface area contributed by atoms with Crippen LogP contribution in [-0.4, -0.2) is 9.97 Å². The lowest BCUT2D eigenvalue weighted by atomic mass is 9.97. The highest BCUT2D eigenvalue weighted by atomic mass is 14.9. The van der Waals surface area contributed by atoms with Crippen LogP contribution in [0.25, 0.3) is 71.8 Å². The first-order chi connectivity index (χ1) is 20.7. The normalized spacial score (nSPS) is 10.8. The molecule has 0 atom stereocenters. The maximum absolute atomic E-state index is 7.30. The van der Waals surface area contributed by atoms with E-state index in [1.807, 2.05) is 60.7 Å². The Kier molecular flexibility index (Phi) is 6.56. The van der Waals surface area contributed by atoms with Gasteiger partial charge in [0.05, 0.1) is 18.0 Å². The maximum Gasteiger partial charge on any atom is 0.187 e. The van der Waals surface area contributed by atoms with E-state index < -0.39 is 0 Å². The molecule has 0 amide bonds. The number of hydrogen-bond acceptors (Lipinski definition) is 2. The molecule has 6 aromatic carbocycles. The van der Waals surface area contributed by atoms with Gasteiger partial charge in [0.2, 0.25) is 0 Å². The monoisotopic (exact) mass is 535 g/mol. The fourth-order valence-electron chi connectivity index (χ4n) is 5.27. The molecule has 0 aliphatic carbocycles. The third-order valence-electron chi connectivity index (χ3n) is 7.49. The average Bonchev–Trinajstić information content (AvgIpc) is 3.08. The van der Waals surface area contributed by atoms with E-state index in [4.69, 9.17) is 16.5 Å². The molecule has 1 heterocycles. The number of fused-ring (bicyclic) bond motifs is 1. The predicted molar refractivity (Wildman–Crippen MR) is 173 cm³/mol. The van der Waals surface area contributed by atoms with Gasteiger partial charge < -0.3 is 0 Å². The van der Waals surface area contributed by atoms with E-state index in [1.165, 1.54) is 0 Å². The Bertz CT molecular complexity index is 2020. The van der Waals surface area contributed by atoms with E-state index in [2.05, 4.69) is 95.8 Å².